The first-order chi connectivity index (χ1) is 9.24. The topological polar surface area (TPSA) is 15.3 Å². The van der Waals surface area contributed by atoms with E-state index in [0.29, 0.717) is 0 Å². The first kappa shape index (κ1) is 13.5. The molecule has 0 radical (unpaired) electrons. The molecule has 0 unspecified atom stereocenters. The van der Waals surface area contributed by atoms with Gasteiger partial charge < -0.3 is 10.2 Å². The van der Waals surface area contributed by atoms with E-state index in [1.54, 1.807) is 0 Å². The van der Waals surface area contributed by atoms with Crippen LogP contribution < -0.4 is 10.2 Å². The molecule has 0 atom stereocenters. The van der Waals surface area contributed by atoms with Gasteiger partial charge in [0.2, 0.25) is 0 Å². The zero-order valence-corrected chi connectivity index (χ0v) is 12.0. The van der Waals surface area contributed by atoms with Crippen molar-refractivity contribution in [2.24, 2.45) is 0 Å². The summed E-state index contributed by atoms with van der Waals surface area (Å²) in [5.74, 6) is 0. The predicted octanol–water partition coefficient (Wildman–Crippen LogP) is 4.45. The van der Waals surface area contributed by atoms with E-state index in [2.05, 4.69) is 72.7 Å². The fraction of sp³-hybridized carbons (Fsp3) is 0.294. The van der Waals surface area contributed by atoms with Crippen LogP contribution in [0.3, 0.4) is 0 Å². The third-order valence-corrected chi connectivity index (χ3v) is 3.41. The maximum Gasteiger partial charge on any atom is 0.0409 e. The Bertz CT molecular complexity index is 500. The Morgan fingerprint density at radius 1 is 0.895 bits per heavy atom. The predicted molar refractivity (Wildman–Crippen MR) is 84.5 cm³/mol. The van der Waals surface area contributed by atoms with Crippen LogP contribution >= 0.6 is 0 Å². The molecule has 2 aromatic rings. The lowest BCUT2D eigenvalue weighted by atomic mass is 10.1. The number of rotatable bonds is 5. The molecular formula is C17H22N2. The minimum atomic E-state index is 1.13. The van der Waals surface area contributed by atoms with E-state index in [4.69, 9.17) is 0 Å². The molecule has 0 spiro atoms. The molecule has 19 heavy (non-hydrogen) atoms. The number of nitrogens with zero attached hydrogens (tertiary/aromatic N) is 1. The quantitative estimate of drug-likeness (QED) is 0.848. The smallest absolute Gasteiger partial charge is 0.0409 e. The summed E-state index contributed by atoms with van der Waals surface area (Å²) >= 11 is 0. The van der Waals surface area contributed by atoms with Gasteiger partial charge in [0.1, 0.15) is 0 Å². The normalized spacial score (nSPS) is 10.3. The van der Waals surface area contributed by atoms with Gasteiger partial charge in [0, 0.05) is 31.2 Å². The third kappa shape index (κ3) is 3.28. The number of benzene rings is 2. The van der Waals surface area contributed by atoms with Gasteiger partial charge in [0.05, 0.1) is 0 Å². The van der Waals surface area contributed by atoms with Gasteiger partial charge >= 0.3 is 0 Å². The Labute approximate surface area is 116 Å². The monoisotopic (exact) mass is 254 g/mol. The van der Waals surface area contributed by atoms with Crippen LogP contribution in [0.15, 0.2) is 48.5 Å². The summed E-state index contributed by atoms with van der Waals surface area (Å²) in [4.78, 5) is 2.20. The van der Waals surface area contributed by atoms with Gasteiger partial charge in [-0.3, -0.25) is 0 Å². The average molecular weight is 254 g/mol. The van der Waals surface area contributed by atoms with E-state index in [1.165, 1.54) is 23.4 Å². The molecular weight excluding hydrogens is 232 g/mol. The van der Waals surface area contributed by atoms with Crippen LogP contribution in [-0.4, -0.2) is 14.1 Å². The molecule has 0 fully saturated rings. The highest BCUT2D eigenvalue weighted by Crippen LogP contribution is 2.25. The van der Waals surface area contributed by atoms with Crippen LogP contribution in [-0.2, 0) is 6.42 Å². The highest BCUT2D eigenvalue weighted by Gasteiger charge is 2.03. The molecule has 2 heteroatoms. The molecule has 2 aromatic carbocycles. The number of hydrogen-bond donors (Lipinski definition) is 1. The second kappa shape index (κ2) is 6.28. The van der Waals surface area contributed by atoms with E-state index in [9.17, 15) is 0 Å². The van der Waals surface area contributed by atoms with Crippen LogP contribution in [0.2, 0.25) is 0 Å². The summed E-state index contributed by atoms with van der Waals surface area (Å²) in [6.07, 6.45) is 2.35. The van der Waals surface area contributed by atoms with Gasteiger partial charge in [0.25, 0.3) is 0 Å². The fourth-order valence-electron chi connectivity index (χ4n) is 2.18. The molecule has 1 N–H and O–H groups in total. The lowest BCUT2D eigenvalue weighted by Gasteiger charge is -2.20. The Kier molecular flexibility index (Phi) is 4.45. The lowest BCUT2D eigenvalue weighted by Crippen LogP contribution is -2.09. The molecule has 0 saturated carbocycles. The Morgan fingerprint density at radius 3 is 1.89 bits per heavy atom. The van der Waals surface area contributed by atoms with E-state index in [0.717, 1.165) is 12.1 Å². The molecule has 100 valence electrons. The van der Waals surface area contributed by atoms with Crippen LogP contribution in [0.5, 0.6) is 0 Å². The number of nitrogens with one attached hydrogen (secondary N) is 1. The maximum atomic E-state index is 3.14. The molecule has 0 bridgehead atoms. The third-order valence-electron chi connectivity index (χ3n) is 3.41. The number of anilines is 3. The molecule has 0 aliphatic rings. The number of aryl methyl sites for hydroxylation is 1. The van der Waals surface area contributed by atoms with Gasteiger partial charge in [-0.15, -0.1) is 0 Å². The van der Waals surface area contributed by atoms with Crippen molar-refractivity contribution in [1.29, 1.82) is 0 Å². The zero-order valence-electron chi connectivity index (χ0n) is 12.0. The van der Waals surface area contributed by atoms with Crippen LogP contribution in [0.1, 0.15) is 18.9 Å². The average Bonchev–Trinajstić information content (AvgIpc) is 2.48. The summed E-state index contributed by atoms with van der Waals surface area (Å²) < 4.78 is 0. The summed E-state index contributed by atoms with van der Waals surface area (Å²) in [6, 6.07) is 17.3. The minimum absolute atomic E-state index is 1.13. The summed E-state index contributed by atoms with van der Waals surface area (Å²) in [5.41, 5.74) is 4.96. The standard InChI is InChI=1S/C17H22N2/c1-4-5-14-6-10-16(11-7-14)19(3)17-12-8-15(18-2)9-13-17/h6-13,18H,4-5H2,1-3H3. The van der Waals surface area contributed by atoms with Crippen LogP contribution in [0, 0.1) is 0 Å². The molecule has 0 aliphatic carbocycles. The Morgan fingerprint density at radius 2 is 1.42 bits per heavy atom. The molecule has 2 nitrogen and oxygen atoms in total. The highest BCUT2D eigenvalue weighted by atomic mass is 15.1. The van der Waals surface area contributed by atoms with Crippen molar-refractivity contribution in [2.45, 2.75) is 19.8 Å². The first-order valence-corrected chi connectivity index (χ1v) is 6.85. The zero-order chi connectivity index (χ0) is 13.7. The minimum Gasteiger partial charge on any atom is -0.388 e. The molecule has 0 aromatic heterocycles. The van der Waals surface area contributed by atoms with Gasteiger partial charge in [0.15, 0.2) is 0 Å². The van der Waals surface area contributed by atoms with E-state index in [1.807, 2.05) is 7.05 Å². The lowest BCUT2D eigenvalue weighted by molar-refractivity contribution is 0.921. The van der Waals surface area contributed by atoms with Crippen LogP contribution in [0.4, 0.5) is 17.1 Å². The summed E-state index contributed by atoms with van der Waals surface area (Å²) in [7, 11) is 4.04. The van der Waals surface area contributed by atoms with Gasteiger partial charge in [-0.2, -0.15) is 0 Å². The van der Waals surface area contributed by atoms with E-state index >= 15 is 0 Å². The van der Waals surface area contributed by atoms with Gasteiger partial charge in [-0.05, 0) is 48.4 Å². The fourth-order valence-corrected chi connectivity index (χ4v) is 2.18. The van der Waals surface area contributed by atoms with Gasteiger partial charge in [-0.1, -0.05) is 25.5 Å². The summed E-state index contributed by atoms with van der Waals surface area (Å²) in [6.45, 7) is 2.21. The second-order valence-corrected chi connectivity index (χ2v) is 4.77. The van der Waals surface area contributed by atoms with Crippen molar-refractivity contribution in [2.75, 3.05) is 24.3 Å². The summed E-state index contributed by atoms with van der Waals surface area (Å²) in [5, 5.41) is 3.14. The van der Waals surface area contributed by atoms with Crippen molar-refractivity contribution < 1.29 is 0 Å². The van der Waals surface area contributed by atoms with Crippen molar-refractivity contribution in [1.82, 2.24) is 0 Å². The van der Waals surface area contributed by atoms with Crippen molar-refractivity contribution in [3.05, 3.63) is 54.1 Å². The van der Waals surface area contributed by atoms with Crippen molar-refractivity contribution in [3.8, 4) is 0 Å². The first-order valence-electron chi connectivity index (χ1n) is 6.85. The molecule has 0 saturated heterocycles. The van der Waals surface area contributed by atoms with Crippen molar-refractivity contribution >= 4 is 17.1 Å². The van der Waals surface area contributed by atoms with Crippen molar-refractivity contribution in [3.63, 3.8) is 0 Å². The second-order valence-electron chi connectivity index (χ2n) is 4.77. The molecule has 0 amide bonds. The van der Waals surface area contributed by atoms with E-state index in [-0.39, 0.29) is 0 Å². The van der Waals surface area contributed by atoms with Crippen LogP contribution in [0.25, 0.3) is 0 Å². The molecule has 0 aliphatic heterocycles. The molecule has 0 heterocycles. The number of hydrogen-bond acceptors (Lipinski definition) is 2. The molecule has 2 rings (SSSR count). The Balaban J connectivity index is 2.15. The Hall–Kier alpha value is -1.96. The van der Waals surface area contributed by atoms with Gasteiger partial charge in [-0.25, -0.2) is 0 Å². The largest absolute Gasteiger partial charge is 0.388 e. The SMILES string of the molecule is CCCc1ccc(N(C)c2ccc(NC)cc2)cc1. The maximum absolute atomic E-state index is 3.14. The highest BCUT2D eigenvalue weighted by molar-refractivity contribution is 5.64. The van der Waals surface area contributed by atoms with E-state index < -0.39 is 0 Å².